The van der Waals surface area contributed by atoms with Crippen LogP contribution < -0.4 is 5.69 Å². The molecule has 0 radical (unpaired) electrons. The van der Waals surface area contributed by atoms with Crippen LogP contribution in [0.1, 0.15) is 34.7 Å². The standard InChI is InChI=1S/C11H12N4O4S/c1-3-7-13-6(15-19-7)4-20-9-8(10(16)17)5(2)12-11(18)14-9/h3-4H2,1-2H3,(H,16,17)(H,12,14,18). The molecular formula is C11H12N4O4S. The van der Waals surface area contributed by atoms with E-state index in [0.717, 1.165) is 11.8 Å². The summed E-state index contributed by atoms with van der Waals surface area (Å²) in [7, 11) is 0. The van der Waals surface area contributed by atoms with Crippen LogP contribution in [0.5, 0.6) is 0 Å². The van der Waals surface area contributed by atoms with Crippen LogP contribution in [0.25, 0.3) is 0 Å². The lowest BCUT2D eigenvalue weighted by Crippen LogP contribution is -2.18. The number of aromatic carboxylic acids is 1. The number of nitrogens with zero attached hydrogens (tertiary/aromatic N) is 3. The van der Waals surface area contributed by atoms with E-state index >= 15 is 0 Å². The number of aromatic nitrogens is 4. The second-order valence-corrected chi connectivity index (χ2v) is 4.86. The monoisotopic (exact) mass is 296 g/mol. The highest BCUT2D eigenvalue weighted by molar-refractivity contribution is 7.98. The Labute approximate surface area is 117 Å². The number of thioether (sulfide) groups is 1. The first-order chi connectivity index (χ1) is 9.51. The third-order valence-corrected chi connectivity index (χ3v) is 3.42. The van der Waals surface area contributed by atoms with Crippen molar-refractivity contribution in [3.63, 3.8) is 0 Å². The Morgan fingerprint density at radius 3 is 2.80 bits per heavy atom. The number of H-pyrrole nitrogens is 1. The van der Waals surface area contributed by atoms with Crippen LogP contribution in [0.15, 0.2) is 14.3 Å². The smallest absolute Gasteiger partial charge is 0.346 e. The van der Waals surface area contributed by atoms with Crippen LogP contribution in [0.2, 0.25) is 0 Å². The van der Waals surface area contributed by atoms with Gasteiger partial charge in [0.2, 0.25) is 5.89 Å². The number of hydrogen-bond donors (Lipinski definition) is 2. The van der Waals surface area contributed by atoms with Crippen LogP contribution in [-0.4, -0.2) is 31.2 Å². The number of nitrogens with one attached hydrogen (secondary N) is 1. The normalized spacial score (nSPS) is 10.7. The third-order valence-electron chi connectivity index (χ3n) is 2.45. The lowest BCUT2D eigenvalue weighted by Gasteiger charge is -2.05. The Kier molecular flexibility index (Phi) is 4.18. The summed E-state index contributed by atoms with van der Waals surface area (Å²) in [5.41, 5.74) is -0.339. The van der Waals surface area contributed by atoms with Gasteiger partial charge in [-0.2, -0.15) is 9.97 Å². The summed E-state index contributed by atoms with van der Waals surface area (Å²) in [6, 6.07) is 0. The molecule has 2 rings (SSSR count). The van der Waals surface area contributed by atoms with Crippen LogP contribution >= 0.6 is 11.8 Å². The largest absolute Gasteiger partial charge is 0.478 e. The zero-order valence-electron chi connectivity index (χ0n) is 10.8. The fourth-order valence-electron chi connectivity index (χ4n) is 1.54. The summed E-state index contributed by atoms with van der Waals surface area (Å²) >= 11 is 1.08. The summed E-state index contributed by atoms with van der Waals surface area (Å²) < 4.78 is 4.95. The average Bonchev–Trinajstić information content (AvgIpc) is 2.82. The molecule has 2 aromatic heterocycles. The lowest BCUT2D eigenvalue weighted by molar-refractivity contribution is 0.0690. The minimum Gasteiger partial charge on any atom is -0.478 e. The first-order valence-electron chi connectivity index (χ1n) is 5.79. The van der Waals surface area contributed by atoms with E-state index in [0.29, 0.717) is 18.1 Å². The quantitative estimate of drug-likeness (QED) is 0.619. The van der Waals surface area contributed by atoms with Gasteiger partial charge in [-0.25, -0.2) is 9.59 Å². The van der Waals surface area contributed by atoms with Gasteiger partial charge < -0.3 is 14.6 Å². The SMILES string of the molecule is CCc1nc(CSc2nc(=O)[nH]c(C)c2C(=O)O)no1. The van der Waals surface area contributed by atoms with Crippen LogP contribution in [0.4, 0.5) is 0 Å². The number of carboxylic acids is 1. The van der Waals surface area contributed by atoms with Gasteiger partial charge in [0.05, 0.1) is 5.75 Å². The summed E-state index contributed by atoms with van der Waals surface area (Å²) in [6.45, 7) is 3.40. The minimum absolute atomic E-state index is 0.0196. The Balaban J connectivity index is 2.24. The summed E-state index contributed by atoms with van der Waals surface area (Å²) in [5.74, 6) is 0.0767. The summed E-state index contributed by atoms with van der Waals surface area (Å²) in [6.07, 6.45) is 0.625. The lowest BCUT2D eigenvalue weighted by atomic mass is 10.2. The number of aryl methyl sites for hydroxylation is 2. The number of rotatable bonds is 5. The molecule has 2 N–H and O–H groups in total. The predicted molar refractivity (Wildman–Crippen MR) is 69.8 cm³/mol. The molecule has 0 spiro atoms. The molecule has 0 unspecified atom stereocenters. The Morgan fingerprint density at radius 1 is 1.45 bits per heavy atom. The van der Waals surface area contributed by atoms with E-state index in [4.69, 9.17) is 9.63 Å². The van der Waals surface area contributed by atoms with Crippen molar-refractivity contribution < 1.29 is 14.4 Å². The van der Waals surface area contributed by atoms with Crippen molar-refractivity contribution in [1.82, 2.24) is 20.1 Å². The van der Waals surface area contributed by atoms with Gasteiger partial charge in [0.25, 0.3) is 0 Å². The van der Waals surface area contributed by atoms with Crippen molar-refractivity contribution in [3.05, 3.63) is 33.5 Å². The third kappa shape index (κ3) is 3.05. The molecule has 106 valence electrons. The highest BCUT2D eigenvalue weighted by Gasteiger charge is 2.17. The second kappa shape index (κ2) is 5.87. The van der Waals surface area contributed by atoms with Gasteiger partial charge in [0.1, 0.15) is 10.6 Å². The Hall–Kier alpha value is -2.16. The fourth-order valence-corrected chi connectivity index (χ4v) is 2.46. The van der Waals surface area contributed by atoms with Crippen molar-refractivity contribution in [1.29, 1.82) is 0 Å². The molecule has 20 heavy (non-hydrogen) atoms. The molecule has 0 saturated heterocycles. The Bertz CT molecular complexity index is 694. The molecule has 2 heterocycles. The van der Waals surface area contributed by atoms with E-state index in [-0.39, 0.29) is 22.0 Å². The van der Waals surface area contributed by atoms with Crippen molar-refractivity contribution in [2.45, 2.75) is 31.0 Å². The number of aromatic amines is 1. The maximum atomic E-state index is 11.3. The van der Waals surface area contributed by atoms with Crippen molar-refractivity contribution in [2.75, 3.05) is 0 Å². The average molecular weight is 296 g/mol. The molecule has 2 aromatic rings. The van der Waals surface area contributed by atoms with Crippen LogP contribution in [0, 0.1) is 6.92 Å². The second-order valence-electron chi connectivity index (χ2n) is 3.90. The van der Waals surface area contributed by atoms with E-state index in [1.807, 2.05) is 6.92 Å². The topological polar surface area (TPSA) is 122 Å². The van der Waals surface area contributed by atoms with Gasteiger partial charge in [-0.15, -0.1) is 0 Å². The van der Waals surface area contributed by atoms with Gasteiger partial charge in [-0.1, -0.05) is 23.8 Å². The van der Waals surface area contributed by atoms with Crippen molar-refractivity contribution in [3.8, 4) is 0 Å². The summed E-state index contributed by atoms with van der Waals surface area (Å²) in [4.78, 5) is 32.7. The van der Waals surface area contributed by atoms with E-state index in [1.54, 1.807) is 0 Å². The molecular weight excluding hydrogens is 284 g/mol. The van der Waals surface area contributed by atoms with E-state index in [2.05, 4.69) is 20.1 Å². The Morgan fingerprint density at radius 2 is 2.20 bits per heavy atom. The molecule has 0 saturated carbocycles. The minimum atomic E-state index is -1.14. The van der Waals surface area contributed by atoms with E-state index < -0.39 is 11.7 Å². The number of carboxylic acid groups (broad SMARTS) is 1. The van der Waals surface area contributed by atoms with Crippen molar-refractivity contribution >= 4 is 17.7 Å². The first kappa shape index (κ1) is 14.3. The molecule has 8 nitrogen and oxygen atoms in total. The number of hydrogen-bond acceptors (Lipinski definition) is 7. The summed E-state index contributed by atoms with van der Waals surface area (Å²) in [5, 5.41) is 13.0. The molecule has 0 bridgehead atoms. The van der Waals surface area contributed by atoms with E-state index in [1.165, 1.54) is 6.92 Å². The van der Waals surface area contributed by atoms with Crippen LogP contribution in [0.3, 0.4) is 0 Å². The van der Waals surface area contributed by atoms with E-state index in [9.17, 15) is 9.59 Å². The molecule has 0 aliphatic carbocycles. The highest BCUT2D eigenvalue weighted by Crippen LogP contribution is 2.23. The zero-order valence-corrected chi connectivity index (χ0v) is 11.7. The molecule has 9 heteroatoms. The molecule has 0 aliphatic rings. The molecule has 0 aromatic carbocycles. The maximum Gasteiger partial charge on any atom is 0.346 e. The highest BCUT2D eigenvalue weighted by atomic mass is 32.2. The molecule has 0 aliphatic heterocycles. The van der Waals surface area contributed by atoms with Gasteiger partial charge in [0.15, 0.2) is 5.82 Å². The van der Waals surface area contributed by atoms with Gasteiger partial charge in [-0.05, 0) is 6.92 Å². The van der Waals surface area contributed by atoms with Crippen molar-refractivity contribution in [2.24, 2.45) is 0 Å². The van der Waals surface area contributed by atoms with Gasteiger partial charge in [0, 0.05) is 12.1 Å². The van der Waals surface area contributed by atoms with Gasteiger partial charge in [-0.3, -0.25) is 0 Å². The molecule has 0 fully saturated rings. The molecule has 0 atom stereocenters. The van der Waals surface area contributed by atoms with Gasteiger partial charge >= 0.3 is 11.7 Å². The zero-order chi connectivity index (χ0) is 14.7. The molecule has 0 amide bonds. The fraction of sp³-hybridized carbons (Fsp3) is 0.364. The maximum absolute atomic E-state index is 11.3. The first-order valence-corrected chi connectivity index (χ1v) is 6.78. The van der Waals surface area contributed by atoms with Crippen LogP contribution in [-0.2, 0) is 12.2 Å². The number of carbonyl (C=O) groups is 1. The predicted octanol–water partition coefficient (Wildman–Crippen LogP) is 1.01.